The topological polar surface area (TPSA) is 37.3 Å². The monoisotopic (exact) mass is 236 g/mol. The van der Waals surface area contributed by atoms with Gasteiger partial charge in [0, 0.05) is 11.5 Å². The normalized spacial score (nSPS) is 21.3. The lowest BCUT2D eigenvalue weighted by atomic mass is 10.2. The Bertz CT molecular complexity index is 405. The minimum absolute atomic E-state index is 0.00698. The lowest BCUT2D eigenvalue weighted by molar-refractivity contribution is 0.474. The molecule has 1 aromatic rings. The Hall–Kier alpha value is -0.850. The summed E-state index contributed by atoms with van der Waals surface area (Å²) < 4.78 is 12.1. The van der Waals surface area contributed by atoms with Crippen LogP contribution in [-0.4, -0.2) is 10.6 Å². The SMILES string of the molecule is O=P(O)(C=Cc1ccccc1)C1CCCC1. The molecule has 0 radical (unpaired) electrons. The number of benzene rings is 1. The lowest BCUT2D eigenvalue weighted by Crippen LogP contribution is -1.99. The highest BCUT2D eigenvalue weighted by atomic mass is 31.2. The molecule has 2 rings (SSSR count). The second-order valence-corrected chi connectivity index (χ2v) is 6.71. The van der Waals surface area contributed by atoms with Gasteiger partial charge in [0.1, 0.15) is 0 Å². The van der Waals surface area contributed by atoms with Crippen LogP contribution in [0.15, 0.2) is 36.1 Å². The Morgan fingerprint density at radius 3 is 2.44 bits per heavy atom. The predicted octanol–water partition coefficient (Wildman–Crippen LogP) is 3.87. The van der Waals surface area contributed by atoms with Gasteiger partial charge in [-0.1, -0.05) is 43.2 Å². The molecule has 16 heavy (non-hydrogen) atoms. The first-order chi connectivity index (χ1) is 7.68. The number of rotatable bonds is 3. The average molecular weight is 236 g/mol. The third-order valence-electron chi connectivity index (χ3n) is 3.13. The molecule has 3 heteroatoms. The van der Waals surface area contributed by atoms with E-state index >= 15 is 0 Å². The molecular formula is C13H17O2P. The van der Waals surface area contributed by atoms with Crippen LogP contribution in [0.3, 0.4) is 0 Å². The zero-order valence-electron chi connectivity index (χ0n) is 9.25. The summed E-state index contributed by atoms with van der Waals surface area (Å²) in [5.74, 6) is 1.51. The summed E-state index contributed by atoms with van der Waals surface area (Å²) in [4.78, 5) is 9.94. The van der Waals surface area contributed by atoms with Gasteiger partial charge in [-0.2, -0.15) is 0 Å². The highest BCUT2D eigenvalue weighted by Crippen LogP contribution is 2.54. The maximum absolute atomic E-state index is 12.1. The molecule has 0 bridgehead atoms. The van der Waals surface area contributed by atoms with E-state index in [1.165, 1.54) is 5.82 Å². The van der Waals surface area contributed by atoms with E-state index in [0.29, 0.717) is 0 Å². The van der Waals surface area contributed by atoms with Gasteiger partial charge in [-0.3, -0.25) is 4.57 Å². The van der Waals surface area contributed by atoms with E-state index in [1.807, 2.05) is 30.3 Å². The van der Waals surface area contributed by atoms with E-state index in [-0.39, 0.29) is 5.66 Å². The Morgan fingerprint density at radius 1 is 1.19 bits per heavy atom. The van der Waals surface area contributed by atoms with Gasteiger partial charge in [-0.05, 0) is 24.5 Å². The smallest absolute Gasteiger partial charge is 0.225 e. The quantitative estimate of drug-likeness (QED) is 0.809. The number of hydrogen-bond acceptors (Lipinski definition) is 1. The molecule has 1 saturated carbocycles. The Morgan fingerprint density at radius 2 is 1.81 bits per heavy atom. The third kappa shape index (κ3) is 2.84. The van der Waals surface area contributed by atoms with Gasteiger partial charge >= 0.3 is 0 Å². The molecule has 1 aliphatic rings. The van der Waals surface area contributed by atoms with Crippen molar-refractivity contribution in [2.24, 2.45) is 0 Å². The van der Waals surface area contributed by atoms with E-state index in [2.05, 4.69) is 0 Å². The van der Waals surface area contributed by atoms with Gasteiger partial charge in [0.15, 0.2) is 0 Å². The molecule has 1 aliphatic carbocycles. The van der Waals surface area contributed by atoms with E-state index < -0.39 is 7.37 Å². The summed E-state index contributed by atoms with van der Waals surface area (Å²) in [5, 5.41) is 0. The van der Waals surface area contributed by atoms with Gasteiger partial charge in [0.2, 0.25) is 7.37 Å². The Labute approximate surface area is 96.5 Å². The molecule has 86 valence electrons. The molecule has 1 N–H and O–H groups in total. The first-order valence-corrected chi connectivity index (χ1v) is 7.55. The average Bonchev–Trinajstić information content (AvgIpc) is 2.82. The molecule has 0 heterocycles. The fourth-order valence-corrected chi connectivity index (χ4v) is 3.89. The van der Waals surface area contributed by atoms with Crippen molar-refractivity contribution >= 4 is 13.4 Å². The van der Waals surface area contributed by atoms with Crippen LogP contribution >= 0.6 is 7.37 Å². The third-order valence-corrected chi connectivity index (χ3v) is 5.27. The first kappa shape index (κ1) is 11.6. The molecule has 0 spiro atoms. The van der Waals surface area contributed by atoms with Crippen molar-refractivity contribution in [3.63, 3.8) is 0 Å². The van der Waals surface area contributed by atoms with E-state index in [9.17, 15) is 9.46 Å². The lowest BCUT2D eigenvalue weighted by Gasteiger charge is -2.13. The summed E-state index contributed by atoms with van der Waals surface area (Å²) in [6.07, 6.45) is 5.74. The molecule has 1 unspecified atom stereocenters. The second-order valence-electron chi connectivity index (χ2n) is 4.34. The van der Waals surface area contributed by atoms with Crippen molar-refractivity contribution < 1.29 is 9.46 Å². The van der Waals surface area contributed by atoms with Gasteiger partial charge in [-0.15, -0.1) is 0 Å². The summed E-state index contributed by atoms with van der Waals surface area (Å²) in [6.45, 7) is 0. The minimum atomic E-state index is -3.09. The summed E-state index contributed by atoms with van der Waals surface area (Å²) in [5.41, 5.74) is 0.974. The van der Waals surface area contributed by atoms with Crippen molar-refractivity contribution in [2.75, 3.05) is 0 Å². The maximum atomic E-state index is 12.1. The van der Waals surface area contributed by atoms with Crippen LogP contribution < -0.4 is 0 Å². The Kier molecular flexibility index (Phi) is 3.63. The fourth-order valence-electron chi connectivity index (χ4n) is 2.15. The van der Waals surface area contributed by atoms with Crippen molar-refractivity contribution in [3.8, 4) is 0 Å². The first-order valence-electron chi connectivity index (χ1n) is 5.75. The van der Waals surface area contributed by atoms with E-state index in [4.69, 9.17) is 0 Å². The highest BCUT2D eigenvalue weighted by molar-refractivity contribution is 7.62. The molecule has 2 nitrogen and oxygen atoms in total. The maximum Gasteiger partial charge on any atom is 0.225 e. The van der Waals surface area contributed by atoms with Gasteiger partial charge in [0.25, 0.3) is 0 Å². The van der Waals surface area contributed by atoms with Crippen LogP contribution in [0, 0.1) is 0 Å². The zero-order valence-corrected chi connectivity index (χ0v) is 10.1. The standard InChI is InChI=1S/C13H17O2P/c14-16(15,13-8-4-5-9-13)11-10-12-6-2-1-3-7-12/h1-3,6-7,10-11,13H,4-5,8-9H2,(H,14,15). The van der Waals surface area contributed by atoms with Gasteiger partial charge < -0.3 is 4.89 Å². The van der Waals surface area contributed by atoms with Crippen molar-refractivity contribution in [1.82, 2.24) is 0 Å². The van der Waals surface area contributed by atoms with E-state index in [1.54, 1.807) is 6.08 Å². The summed E-state index contributed by atoms with van der Waals surface area (Å²) in [7, 11) is -3.09. The number of hydrogen-bond donors (Lipinski definition) is 1. The van der Waals surface area contributed by atoms with Crippen LogP contribution in [0.2, 0.25) is 0 Å². The highest BCUT2D eigenvalue weighted by Gasteiger charge is 2.30. The van der Waals surface area contributed by atoms with Crippen molar-refractivity contribution in [1.29, 1.82) is 0 Å². The molecule has 0 aliphatic heterocycles. The molecule has 0 saturated heterocycles. The van der Waals surface area contributed by atoms with Crippen LogP contribution in [0.1, 0.15) is 31.2 Å². The molecule has 0 aromatic heterocycles. The Balaban J connectivity index is 2.08. The van der Waals surface area contributed by atoms with E-state index in [0.717, 1.165) is 31.2 Å². The molecule has 1 atom stereocenters. The summed E-state index contributed by atoms with van der Waals surface area (Å²) >= 11 is 0. The molecule has 1 fully saturated rings. The van der Waals surface area contributed by atoms with Crippen LogP contribution in [-0.2, 0) is 4.57 Å². The van der Waals surface area contributed by atoms with Crippen LogP contribution in [0.25, 0.3) is 6.08 Å². The fraction of sp³-hybridized carbons (Fsp3) is 0.385. The van der Waals surface area contributed by atoms with Crippen LogP contribution in [0.4, 0.5) is 0 Å². The van der Waals surface area contributed by atoms with Crippen molar-refractivity contribution in [2.45, 2.75) is 31.3 Å². The molecule has 1 aromatic carbocycles. The minimum Gasteiger partial charge on any atom is -0.341 e. The summed E-state index contributed by atoms with van der Waals surface area (Å²) in [6, 6.07) is 9.66. The zero-order chi connectivity index (χ0) is 11.4. The largest absolute Gasteiger partial charge is 0.341 e. The molecule has 0 amide bonds. The van der Waals surface area contributed by atoms with Gasteiger partial charge in [0.05, 0.1) is 0 Å². The van der Waals surface area contributed by atoms with Crippen LogP contribution in [0.5, 0.6) is 0 Å². The van der Waals surface area contributed by atoms with Gasteiger partial charge in [-0.25, -0.2) is 0 Å². The molecular weight excluding hydrogens is 219 g/mol. The predicted molar refractivity (Wildman–Crippen MR) is 67.6 cm³/mol. The second kappa shape index (κ2) is 4.99. The van der Waals surface area contributed by atoms with Crippen molar-refractivity contribution in [3.05, 3.63) is 41.7 Å².